The zero-order valence-corrected chi connectivity index (χ0v) is 12.0. The van der Waals surface area contributed by atoms with Crippen molar-refractivity contribution in [3.05, 3.63) is 84.1 Å². The summed E-state index contributed by atoms with van der Waals surface area (Å²) < 4.78 is 26.5. The lowest BCUT2D eigenvalue weighted by Gasteiger charge is -2.07. The Morgan fingerprint density at radius 1 is 0.913 bits per heavy atom. The summed E-state index contributed by atoms with van der Waals surface area (Å²) in [6, 6.07) is 14.8. The Labute approximate surface area is 131 Å². The molecule has 1 aromatic heterocycles. The van der Waals surface area contributed by atoms with E-state index in [1.54, 1.807) is 30.3 Å². The second-order valence-electron chi connectivity index (χ2n) is 4.87. The smallest absolute Gasteiger partial charge is 0.255 e. The first-order chi connectivity index (χ1) is 11.1. The fourth-order valence-corrected chi connectivity index (χ4v) is 2.10. The van der Waals surface area contributed by atoms with Crippen molar-refractivity contribution in [3.63, 3.8) is 0 Å². The Morgan fingerprint density at radius 2 is 1.65 bits per heavy atom. The molecule has 3 rings (SSSR count). The molecule has 1 heterocycles. The first kappa shape index (κ1) is 14.8. The first-order valence-electron chi connectivity index (χ1n) is 6.91. The van der Waals surface area contributed by atoms with Gasteiger partial charge in [0.2, 0.25) is 0 Å². The number of halogens is 2. The summed E-state index contributed by atoms with van der Waals surface area (Å²) >= 11 is 0. The molecule has 0 fully saturated rings. The number of pyridine rings is 1. The standard InChI is InChI=1S/C18H12F2N2O/c19-13-7-5-12(6-8-13)18(23)22-14-9-10-17(21-11-14)15-3-1-2-4-16(15)20/h1-11H,(H,22,23). The summed E-state index contributed by atoms with van der Waals surface area (Å²) in [5.74, 6) is -1.13. The highest BCUT2D eigenvalue weighted by Gasteiger charge is 2.08. The van der Waals surface area contributed by atoms with Gasteiger partial charge >= 0.3 is 0 Å². The Morgan fingerprint density at radius 3 is 2.30 bits per heavy atom. The van der Waals surface area contributed by atoms with Crippen LogP contribution in [0, 0.1) is 11.6 Å². The molecular weight excluding hydrogens is 298 g/mol. The molecule has 0 saturated heterocycles. The lowest BCUT2D eigenvalue weighted by Crippen LogP contribution is -2.12. The van der Waals surface area contributed by atoms with Crippen LogP contribution in [0.3, 0.4) is 0 Å². The van der Waals surface area contributed by atoms with Crippen molar-refractivity contribution in [2.24, 2.45) is 0 Å². The van der Waals surface area contributed by atoms with Crippen LogP contribution >= 0.6 is 0 Å². The molecule has 23 heavy (non-hydrogen) atoms. The van der Waals surface area contributed by atoms with Crippen molar-refractivity contribution in [2.45, 2.75) is 0 Å². The summed E-state index contributed by atoms with van der Waals surface area (Å²) in [4.78, 5) is 16.2. The fourth-order valence-electron chi connectivity index (χ4n) is 2.10. The predicted octanol–water partition coefficient (Wildman–Crippen LogP) is 4.28. The number of carbonyl (C=O) groups excluding carboxylic acids is 1. The number of hydrogen-bond donors (Lipinski definition) is 1. The molecule has 0 bridgehead atoms. The number of amides is 1. The van der Waals surface area contributed by atoms with E-state index in [4.69, 9.17) is 0 Å². The molecule has 5 heteroatoms. The molecule has 3 aromatic rings. The van der Waals surface area contributed by atoms with Crippen LogP contribution in [0.15, 0.2) is 66.9 Å². The minimum Gasteiger partial charge on any atom is -0.321 e. The van der Waals surface area contributed by atoms with Crippen molar-refractivity contribution >= 4 is 11.6 Å². The maximum Gasteiger partial charge on any atom is 0.255 e. The molecule has 0 unspecified atom stereocenters. The monoisotopic (exact) mass is 310 g/mol. The number of anilines is 1. The maximum absolute atomic E-state index is 13.7. The van der Waals surface area contributed by atoms with Gasteiger partial charge in [0.15, 0.2) is 0 Å². The van der Waals surface area contributed by atoms with Gasteiger partial charge in [-0.05, 0) is 48.5 Å². The van der Waals surface area contributed by atoms with Gasteiger partial charge < -0.3 is 5.32 Å². The average Bonchev–Trinajstić information content (AvgIpc) is 2.57. The number of carbonyl (C=O) groups is 1. The third kappa shape index (κ3) is 3.40. The quantitative estimate of drug-likeness (QED) is 0.784. The van der Waals surface area contributed by atoms with Gasteiger partial charge in [-0.2, -0.15) is 0 Å². The van der Waals surface area contributed by atoms with Crippen LogP contribution in [0.25, 0.3) is 11.3 Å². The number of nitrogens with zero attached hydrogens (tertiary/aromatic N) is 1. The predicted molar refractivity (Wildman–Crippen MR) is 84.0 cm³/mol. The summed E-state index contributed by atoms with van der Waals surface area (Å²) in [6.45, 7) is 0. The Hall–Kier alpha value is -3.08. The van der Waals surface area contributed by atoms with E-state index in [-0.39, 0.29) is 11.7 Å². The molecule has 0 aliphatic heterocycles. The van der Waals surface area contributed by atoms with Gasteiger partial charge in [0.25, 0.3) is 5.91 Å². The Kier molecular flexibility index (Phi) is 4.10. The number of hydrogen-bond acceptors (Lipinski definition) is 2. The molecule has 3 nitrogen and oxygen atoms in total. The van der Waals surface area contributed by atoms with E-state index in [9.17, 15) is 13.6 Å². The molecule has 0 atom stereocenters. The fraction of sp³-hybridized carbons (Fsp3) is 0. The van der Waals surface area contributed by atoms with Crippen molar-refractivity contribution < 1.29 is 13.6 Å². The van der Waals surface area contributed by atoms with Crippen molar-refractivity contribution in [3.8, 4) is 11.3 Å². The highest BCUT2D eigenvalue weighted by atomic mass is 19.1. The van der Waals surface area contributed by atoms with Gasteiger partial charge in [-0.3, -0.25) is 9.78 Å². The first-order valence-corrected chi connectivity index (χ1v) is 6.91. The summed E-state index contributed by atoms with van der Waals surface area (Å²) in [5, 5.41) is 2.65. The van der Waals surface area contributed by atoms with Crippen molar-refractivity contribution in [2.75, 3.05) is 5.32 Å². The molecule has 114 valence electrons. The Balaban J connectivity index is 1.76. The van der Waals surface area contributed by atoms with E-state index >= 15 is 0 Å². The summed E-state index contributed by atoms with van der Waals surface area (Å²) in [6.07, 6.45) is 1.45. The minimum absolute atomic E-state index is 0.338. The molecule has 0 aliphatic rings. The van der Waals surface area contributed by atoms with Gasteiger partial charge in [0, 0.05) is 11.1 Å². The van der Waals surface area contributed by atoms with Gasteiger partial charge in [0.05, 0.1) is 17.6 Å². The SMILES string of the molecule is O=C(Nc1ccc(-c2ccccc2F)nc1)c1ccc(F)cc1. The van der Waals surface area contributed by atoms with Crippen LogP contribution in [0.5, 0.6) is 0 Å². The normalized spacial score (nSPS) is 10.3. The topological polar surface area (TPSA) is 42.0 Å². The van der Waals surface area contributed by atoms with Crippen LogP contribution in [-0.4, -0.2) is 10.9 Å². The largest absolute Gasteiger partial charge is 0.321 e. The van der Waals surface area contributed by atoms with Crippen molar-refractivity contribution in [1.82, 2.24) is 4.98 Å². The zero-order chi connectivity index (χ0) is 16.2. The minimum atomic E-state index is -0.405. The highest BCUT2D eigenvalue weighted by Crippen LogP contribution is 2.21. The summed E-state index contributed by atoms with van der Waals surface area (Å²) in [7, 11) is 0. The Bertz CT molecular complexity index is 830. The highest BCUT2D eigenvalue weighted by molar-refractivity contribution is 6.04. The van der Waals surface area contributed by atoms with Crippen LogP contribution < -0.4 is 5.32 Å². The van der Waals surface area contributed by atoms with Crippen LogP contribution in [-0.2, 0) is 0 Å². The van der Waals surface area contributed by atoms with Gasteiger partial charge in [-0.25, -0.2) is 8.78 Å². The number of nitrogens with one attached hydrogen (secondary N) is 1. The lowest BCUT2D eigenvalue weighted by molar-refractivity contribution is 0.102. The zero-order valence-electron chi connectivity index (χ0n) is 12.0. The second kappa shape index (κ2) is 6.36. The summed E-state index contributed by atoms with van der Waals surface area (Å²) in [5.41, 5.74) is 1.68. The average molecular weight is 310 g/mol. The molecule has 0 saturated carbocycles. The van der Waals surface area contributed by atoms with E-state index in [1.807, 2.05) is 0 Å². The molecule has 1 amide bonds. The van der Waals surface area contributed by atoms with Gasteiger partial charge in [0.1, 0.15) is 11.6 Å². The van der Waals surface area contributed by atoms with E-state index in [2.05, 4.69) is 10.3 Å². The number of rotatable bonds is 3. The van der Waals surface area contributed by atoms with Crippen LogP contribution in [0.2, 0.25) is 0 Å². The van der Waals surface area contributed by atoms with Crippen molar-refractivity contribution in [1.29, 1.82) is 0 Å². The van der Waals surface area contributed by atoms with Crippen LogP contribution in [0.1, 0.15) is 10.4 Å². The third-order valence-electron chi connectivity index (χ3n) is 3.28. The van der Waals surface area contributed by atoms with E-state index in [1.165, 1.54) is 36.5 Å². The van der Waals surface area contributed by atoms with E-state index in [0.717, 1.165) is 0 Å². The van der Waals surface area contributed by atoms with Gasteiger partial charge in [-0.1, -0.05) is 12.1 Å². The molecule has 2 aromatic carbocycles. The third-order valence-corrected chi connectivity index (χ3v) is 3.28. The maximum atomic E-state index is 13.7. The van der Waals surface area contributed by atoms with Crippen LogP contribution in [0.4, 0.5) is 14.5 Å². The number of benzene rings is 2. The lowest BCUT2D eigenvalue weighted by atomic mass is 10.1. The number of aromatic nitrogens is 1. The molecule has 0 aliphatic carbocycles. The van der Waals surface area contributed by atoms with Gasteiger partial charge in [-0.15, -0.1) is 0 Å². The second-order valence-corrected chi connectivity index (χ2v) is 4.87. The van der Waals surface area contributed by atoms with E-state index in [0.29, 0.717) is 22.5 Å². The molecule has 0 radical (unpaired) electrons. The van der Waals surface area contributed by atoms with E-state index < -0.39 is 5.82 Å². The molecule has 1 N–H and O–H groups in total. The molecular formula is C18H12F2N2O. The molecule has 0 spiro atoms.